The number of amides is 1. The van der Waals surface area contributed by atoms with E-state index in [1.54, 1.807) is 0 Å². The molecule has 1 atom stereocenters. The van der Waals surface area contributed by atoms with Crippen LogP contribution in [0.1, 0.15) is 53.4 Å². The van der Waals surface area contributed by atoms with Crippen LogP contribution in [-0.4, -0.2) is 18.0 Å². The zero-order valence-corrected chi connectivity index (χ0v) is 10.6. The van der Waals surface area contributed by atoms with Crippen LogP contribution in [0.15, 0.2) is 0 Å². The van der Waals surface area contributed by atoms with Crippen LogP contribution in [0, 0.1) is 5.92 Å². The van der Waals surface area contributed by atoms with E-state index in [1.807, 2.05) is 0 Å². The maximum Gasteiger partial charge on any atom is 0.220 e. The van der Waals surface area contributed by atoms with Crippen LogP contribution in [-0.2, 0) is 4.79 Å². The molecule has 1 unspecified atom stereocenters. The summed E-state index contributed by atoms with van der Waals surface area (Å²) in [5.74, 6) is 0.460. The highest BCUT2D eigenvalue weighted by molar-refractivity contribution is 5.77. The van der Waals surface area contributed by atoms with Crippen LogP contribution >= 0.6 is 0 Å². The Bertz CT molecular complexity index is 184. The van der Waals surface area contributed by atoms with Crippen molar-refractivity contribution in [1.29, 1.82) is 0 Å². The van der Waals surface area contributed by atoms with Crippen LogP contribution < -0.4 is 11.1 Å². The van der Waals surface area contributed by atoms with Gasteiger partial charge >= 0.3 is 0 Å². The Morgan fingerprint density at radius 1 is 1.33 bits per heavy atom. The summed E-state index contributed by atoms with van der Waals surface area (Å²) >= 11 is 0. The van der Waals surface area contributed by atoms with Crippen LogP contribution in [0.2, 0.25) is 0 Å². The third-order valence-corrected chi connectivity index (χ3v) is 3.39. The average molecular weight is 214 g/mol. The van der Waals surface area contributed by atoms with Gasteiger partial charge in [-0.3, -0.25) is 4.79 Å². The summed E-state index contributed by atoms with van der Waals surface area (Å²) in [6, 6.07) is 0. The van der Waals surface area contributed by atoms with Gasteiger partial charge in [-0.1, -0.05) is 27.2 Å². The fourth-order valence-corrected chi connectivity index (χ4v) is 1.47. The van der Waals surface area contributed by atoms with Crippen molar-refractivity contribution >= 4 is 5.91 Å². The Hall–Kier alpha value is -0.570. The molecule has 0 saturated heterocycles. The molecule has 0 aliphatic rings. The van der Waals surface area contributed by atoms with Crippen LogP contribution in [0.25, 0.3) is 0 Å². The van der Waals surface area contributed by atoms with Crippen molar-refractivity contribution in [2.45, 2.75) is 58.9 Å². The zero-order valence-electron chi connectivity index (χ0n) is 10.6. The van der Waals surface area contributed by atoms with Crippen molar-refractivity contribution in [1.82, 2.24) is 5.32 Å². The standard InChI is InChI=1S/C12H26N2O/c1-5-10(9-13)8-11(15)14-12(4,6-2)7-3/h10H,5-9,13H2,1-4H3,(H,14,15). The van der Waals surface area contributed by atoms with Crippen LogP contribution in [0.4, 0.5) is 0 Å². The number of hydrogen-bond acceptors (Lipinski definition) is 2. The average Bonchev–Trinajstić information content (AvgIpc) is 2.25. The van der Waals surface area contributed by atoms with E-state index < -0.39 is 0 Å². The molecule has 0 heterocycles. The summed E-state index contributed by atoms with van der Waals surface area (Å²) in [6.07, 6.45) is 3.46. The fourth-order valence-electron chi connectivity index (χ4n) is 1.47. The first kappa shape index (κ1) is 14.4. The van der Waals surface area contributed by atoms with E-state index in [-0.39, 0.29) is 11.4 Å². The SMILES string of the molecule is CCC(CN)CC(=O)NC(C)(CC)CC. The molecular formula is C12H26N2O. The summed E-state index contributed by atoms with van der Waals surface area (Å²) in [4.78, 5) is 11.7. The molecule has 0 aromatic heterocycles. The van der Waals surface area contributed by atoms with E-state index in [2.05, 4.69) is 33.0 Å². The van der Waals surface area contributed by atoms with E-state index in [4.69, 9.17) is 5.73 Å². The Morgan fingerprint density at radius 3 is 2.20 bits per heavy atom. The molecule has 3 nitrogen and oxygen atoms in total. The summed E-state index contributed by atoms with van der Waals surface area (Å²) in [6.45, 7) is 8.96. The van der Waals surface area contributed by atoms with E-state index in [9.17, 15) is 4.79 Å². The smallest absolute Gasteiger partial charge is 0.220 e. The van der Waals surface area contributed by atoms with E-state index in [0.29, 0.717) is 18.9 Å². The lowest BCUT2D eigenvalue weighted by Crippen LogP contribution is -2.45. The van der Waals surface area contributed by atoms with Crippen molar-refractivity contribution < 1.29 is 4.79 Å². The lowest BCUT2D eigenvalue weighted by atomic mass is 9.94. The van der Waals surface area contributed by atoms with Gasteiger partial charge in [-0.2, -0.15) is 0 Å². The highest BCUT2D eigenvalue weighted by atomic mass is 16.1. The number of hydrogen-bond donors (Lipinski definition) is 2. The first-order chi connectivity index (χ1) is 7.01. The third-order valence-electron chi connectivity index (χ3n) is 3.39. The minimum Gasteiger partial charge on any atom is -0.351 e. The molecule has 0 aromatic carbocycles. The molecule has 0 aromatic rings. The second-order valence-corrected chi connectivity index (χ2v) is 4.53. The predicted molar refractivity (Wildman–Crippen MR) is 64.6 cm³/mol. The first-order valence-electron chi connectivity index (χ1n) is 6.02. The molecule has 15 heavy (non-hydrogen) atoms. The molecule has 0 rings (SSSR count). The van der Waals surface area contributed by atoms with Gasteiger partial charge in [0.25, 0.3) is 0 Å². The van der Waals surface area contributed by atoms with Gasteiger partial charge in [0.05, 0.1) is 0 Å². The van der Waals surface area contributed by atoms with Gasteiger partial charge in [0, 0.05) is 12.0 Å². The van der Waals surface area contributed by atoms with Crippen molar-refractivity contribution in [2.24, 2.45) is 11.7 Å². The first-order valence-corrected chi connectivity index (χ1v) is 6.02. The predicted octanol–water partition coefficient (Wildman–Crippen LogP) is 2.06. The van der Waals surface area contributed by atoms with E-state index in [0.717, 1.165) is 19.3 Å². The minimum atomic E-state index is -0.0516. The van der Waals surface area contributed by atoms with Gasteiger partial charge in [-0.25, -0.2) is 0 Å². The second-order valence-electron chi connectivity index (χ2n) is 4.53. The Morgan fingerprint density at radius 2 is 1.87 bits per heavy atom. The molecule has 90 valence electrons. The van der Waals surface area contributed by atoms with Crippen molar-refractivity contribution in [3.05, 3.63) is 0 Å². The molecule has 0 saturated carbocycles. The van der Waals surface area contributed by atoms with E-state index in [1.165, 1.54) is 0 Å². The summed E-state index contributed by atoms with van der Waals surface area (Å²) in [7, 11) is 0. The number of nitrogens with one attached hydrogen (secondary N) is 1. The molecule has 0 radical (unpaired) electrons. The second kappa shape index (κ2) is 6.83. The normalized spacial score (nSPS) is 13.7. The van der Waals surface area contributed by atoms with Crippen molar-refractivity contribution in [3.63, 3.8) is 0 Å². The molecule has 0 fully saturated rings. The number of rotatable bonds is 7. The van der Waals surface area contributed by atoms with Crippen molar-refractivity contribution in [2.75, 3.05) is 6.54 Å². The molecule has 3 heteroatoms. The number of carbonyl (C=O) groups is 1. The summed E-state index contributed by atoms with van der Waals surface area (Å²) < 4.78 is 0. The molecule has 0 aliphatic heterocycles. The molecule has 3 N–H and O–H groups in total. The van der Waals surface area contributed by atoms with Gasteiger partial charge in [0.1, 0.15) is 0 Å². The van der Waals surface area contributed by atoms with Crippen molar-refractivity contribution in [3.8, 4) is 0 Å². The zero-order chi connectivity index (χ0) is 11.9. The molecule has 0 aliphatic carbocycles. The van der Waals surface area contributed by atoms with Gasteiger partial charge in [0.15, 0.2) is 0 Å². The number of carbonyl (C=O) groups excluding carboxylic acids is 1. The maximum atomic E-state index is 11.7. The van der Waals surface area contributed by atoms with Gasteiger partial charge in [-0.05, 0) is 32.2 Å². The van der Waals surface area contributed by atoms with Gasteiger partial charge in [-0.15, -0.1) is 0 Å². The third kappa shape index (κ3) is 5.17. The van der Waals surface area contributed by atoms with Crippen LogP contribution in [0.3, 0.4) is 0 Å². The topological polar surface area (TPSA) is 55.1 Å². The molecular weight excluding hydrogens is 188 g/mol. The summed E-state index contributed by atoms with van der Waals surface area (Å²) in [5.41, 5.74) is 5.53. The Kier molecular flexibility index (Phi) is 6.57. The Labute approximate surface area is 93.8 Å². The fraction of sp³-hybridized carbons (Fsp3) is 0.917. The van der Waals surface area contributed by atoms with Crippen LogP contribution in [0.5, 0.6) is 0 Å². The molecule has 1 amide bonds. The highest BCUT2D eigenvalue weighted by Gasteiger charge is 2.22. The largest absolute Gasteiger partial charge is 0.351 e. The lowest BCUT2D eigenvalue weighted by molar-refractivity contribution is -0.123. The Balaban J connectivity index is 4.12. The van der Waals surface area contributed by atoms with Gasteiger partial charge in [0.2, 0.25) is 5.91 Å². The van der Waals surface area contributed by atoms with Gasteiger partial charge < -0.3 is 11.1 Å². The quantitative estimate of drug-likeness (QED) is 0.681. The minimum absolute atomic E-state index is 0.0516. The monoisotopic (exact) mass is 214 g/mol. The summed E-state index contributed by atoms with van der Waals surface area (Å²) in [5, 5.41) is 3.10. The molecule has 0 bridgehead atoms. The molecule has 0 spiro atoms. The lowest BCUT2D eigenvalue weighted by Gasteiger charge is -2.29. The number of nitrogens with two attached hydrogens (primary N) is 1. The highest BCUT2D eigenvalue weighted by Crippen LogP contribution is 2.15. The maximum absolute atomic E-state index is 11.7. The van der Waals surface area contributed by atoms with E-state index >= 15 is 0 Å².